The summed E-state index contributed by atoms with van der Waals surface area (Å²) in [5.74, 6) is 0. The molecule has 0 bridgehead atoms. The van der Waals surface area contributed by atoms with Crippen molar-refractivity contribution in [2.45, 2.75) is 39.3 Å². The van der Waals surface area contributed by atoms with Crippen LogP contribution in [0.15, 0.2) is 0 Å². The molecule has 1 rings (SSSR count). The molecule has 19 heavy (non-hydrogen) atoms. The van der Waals surface area contributed by atoms with Crippen molar-refractivity contribution < 1.29 is 23.1 Å². The minimum atomic E-state index is -2.40. The van der Waals surface area contributed by atoms with E-state index in [0.717, 1.165) is 19.1 Å². The van der Waals surface area contributed by atoms with Gasteiger partial charge < -0.3 is 28.9 Å². The number of aliphatic hydroxyl groups is 1. The van der Waals surface area contributed by atoms with Gasteiger partial charge in [0, 0.05) is 25.9 Å². The summed E-state index contributed by atoms with van der Waals surface area (Å²) < 4.78 is 21.6. The Morgan fingerprint density at radius 3 is 1.84 bits per heavy atom. The van der Waals surface area contributed by atoms with Gasteiger partial charge >= 0.3 is 8.80 Å². The molecule has 0 saturated carbocycles. The zero-order chi connectivity index (χ0) is 14.6. The van der Waals surface area contributed by atoms with Gasteiger partial charge in [0.1, 0.15) is 6.10 Å². The number of hydrogen-bond donors (Lipinski definition) is 2. The molecule has 7 heteroatoms. The van der Waals surface area contributed by atoms with Gasteiger partial charge in [-0.05, 0) is 33.7 Å². The van der Waals surface area contributed by atoms with Crippen LogP contribution in [0.2, 0.25) is 6.04 Å². The highest BCUT2D eigenvalue weighted by molar-refractivity contribution is 6.60. The summed E-state index contributed by atoms with van der Waals surface area (Å²) in [5, 5.41) is 8.08. The van der Waals surface area contributed by atoms with Crippen LogP contribution in [0.1, 0.15) is 27.2 Å². The Bertz CT molecular complexity index is 188. The summed E-state index contributed by atoms with van der Waals surface area (Å²) in [4.78, 5) is 0. The van der Waals surface area contributed by atoms with Crippen LogP contribution in [0.4, 0.5) is 0 Å². The van der Waals surface area contributed by atoms with Gasteiger partial charge in [-0.1, -0.05) is 0 Å². The Morgan fingerprint density at radius 1 is 1.16 bits per heavy atom. The molecule has 0 aliphatic carbocycles. The van der Waals surface area contributed by atoms with E-state index in [0.29, 0.717) is 26.4 Å². The zero-order valence-corrected chi connectivity index (χ0v) is 13.4. The average Bonchev–Trinajstić information content (AvgIpc) is 3.22. The van der Waals surface area contributed by atoms with Crippen LogP contribution in [0, 0.1) is 0 Å². The maximum absolute atomic E-state index is 8.08. The van der Waals surface area contributed by atoms with E-state index in [2.05, 4.69) is 4.74 Å². The summed E-state index contributed by atoms with van der Waals surface area (Å²) >= 11 is 0. The van der Waals surface area contributed by atoms with E-state index in [9.17, 15) is 0 Å². The molecule has 1 fully saturated rings. The lowest BCUT2D eigenvalue weighted by molar-refractivity contribution is 0.0710. The van der Waals surface area contributed by atoms with Crippen LogP contribution < -0.4 is 5.73 Å². The van der Waals surface area contributed by atoms with E-state index in [1.807, 2.05) is 20.8 Å². The molecule has 1 aliphatic rings. The van der Waals surface area contributed by atoms with Gasteiger partial charge in [0.15, 0.2) is 0 Å². The molecule has 1 unspecified atom stereocenters. The second-order valence-electron chi connectivity index (χ2n) is 4.01. The molecule has 1 heterocycles. The molecule has 1 atom stereocenters. The van der Waals surface area contributed by atoms with Crippen molar-refractivity contribution in [3.05, 3.63) is 0 Å². The molecule has 0 radical (unpaired) electrons. The molecule has 0 aromatic heterocycles. The Hall–Kier alpha value is -0.0231. The fraction of sp³-hybridized carbons (Fsp3) is 1.00. The minimum absolute atomic E-state index is 0.190. The summed E-state index contributed by atoms with van der Waals surface area (Å²) in [6, 6.07) is 0.818. The Labute approximate surface area is 117 Å². The molecule has 0 aromatic rings. The molecule has 1 aliphatic heterocycles. The standard InChI is InChI=1S/C9H23NO3Si.C3H6O2/c1-4-11-14(12-5-2,13-6-3)9-7-8-10;4-1-3-2-5-3/h4-10H2,1-3H3;3-4H,1-2H2. The van der Waals surface area contributed by atoms with Crippen LogP contribution in [-0.2, 0) is 18.0 Å². The minimum Gasteiger partial charge on any atom is -0.394 e. The van der Waals surface area contributed by atoms with E-state index >= 15 is 0 Å². The van der Waals surface area contributed by atoms with E-state index in [1.54, 1.807) is 0 Å². The highest BCUT2D eigenvalue weighted by Crippen LogP contribution is 2.17. The molecule has 0 aromatic carbocycles. The number of epoxide rings is 1. The van der Waals surface area contributed by atoms with Gasteiger partial charge in [0.2, 0.25) is 0 Å². The quantitative estimate of drug-likeness (QED) is 0.457. The lowest BCUT2D eigenvalue weighted by atomic mass is 10.5. The van der Waals surface area contributed by atoms with E-state index in [4.69, 9.17) is 24.1 Å². The molecule has 0 amide bonds. The van der Waals surface area contributed by atoms with E-state index < -0.39 is 8.80 Å². The van der Waals surface area contributed by atoms with Crippen molar-refractivity contribution in [2.75, 3.05) is 39.6 Å². The van der Waals surface area contributed by atoms with Gasteiger partial charge in [0.05, 0.1) is 13.2 Å². The van der Waals surface area contributed by atoms with Crippen molar-refractivity contribution in [2.24, 2.45) is 5.73 Å². The third kappa shape index (κ3) is 9.50. The van der Waals surface area contributed by atoms with Crippen molar-refractivity contribution in [1.82, 2.24) is 0 Å². The molecular weight excluding hydrogens is 266 g/mol. The van der Waals surface area contributed by atoms with Crippen LogP contribution in [0.3, 0.4) is 0 Å². The molecule has 1 saturated heterocycles. The fourth-order valence-electron chi connectivity index (χ4n) is 1.49. The third-order valence-electron chi connectivity index (χ3n) is 2.39. The van der Waals surface area contributed by atoms with Gasteiger partial charge in [-0.25, -0.2) is 0 Å². The smallest absolute Gasteiger partial charge is 0.394 e. The first-order valence-corrected chi connectivity index (χ1v) is 8.95. The lowest BCUT2D eigenvalue weighted by Crippen LogP contribution is -2.46. The Balaban J connectivity index is 0.000000532. The largest absolute Gasteiger partial charge is 0.500 e. The second kappa shape index (κ2) is 11.8. The fourth-order valence-corrected chi connectivity index (χ4v) is 4.13. The van der Waals surface area contributed by atoms with Crippen LogP contribution in [0.5, 0.6) is 0 Å². The van der Waals surface area contributed by atoms with Gasteiger partial charge in [-0.3, -0.25) is 0 Å². The molecular formula is C12H29NO5Si. The Kier molecular flexibility index (Phi) is 11.8. The molecule has 6 nitrogen and oxygen atoms in total. The number of aliphatic hydroxyl groups excluding tert-OH is 1. The first kappa shape index (κ1) is 19.0. The van der Waals surface area contributed by atoms with Crippen LogP contribution in [0.25, 0.3) is 0 Å². The predicted octanol–water partition coefficient (Wildman–Crippen LogP) is 0.761. The number of hydrogen-bond acceptors (Lipinski definition) is 6. The summed E-state index contributed by atoms with van der Waals surface area (Å²) in [6.45, 7) is 9.40. The first-order chi connectivity index (χ1) is 9.17. The highest BCUT2D eigenvalue weighted by Gasteiger charge is 2.39. The average molecular weight is 295 g/mol. The maximum atomic E-state index is 8.08. The summed E-state index contributed by atoms with van der Waals surface area (Å²) in [5.41, 5.74) is 5.48. The lowest BCUT2D eigenvalue weighted by Gasteiger charge is -2.28. The SMILES string of the molecule is CCO[Si](CCCN)(OCC)OCC.OCC1CO1. The van der Waals surface area contributed by atoms with Crippen molar-refractivity contribution in [1.29, 1.82) is 0 Å². The van der Waals surface area contributed by atoms with Crippen molar-refractivity contribution in [3.63, 3.8) is 0 Å². The van der Waals surface area contributed by atoms with Crippen LogP contribution >= 0.6 is 0 Å². The van der Waals surface area contributed by atoms with E-state index in [-0.39, 0.29) is 12.7 Å². The van der Waals surface area contributed by atoms with Crippen LogP contribution in [-0.4, -0.2) is 59.6 Å². The maximum Gasteiger partial charge on any atom is 0.500 e. The van der Waals surface area contributed by atoms with Gasteiger partial charge in [-0.15, -0.1) is 0 Å². The monoisotopic (exact) mass is 295 g/mol. The van der Waals surface area contributed by atoms with Crippen molar-refractivity contribution >= 4 is 8.80 Å². The van der Waals surface area contributed by atoms with E-state index in [1.165, 1.54) is 0 Å². The first-order valence-electron chi connectivity index (χ1n) is 7.02. The second-order valence-corrected chi connectivity index (χ2v) is 6.74. The zero-order valence-electron chi connectivity index (χ0n) is 12.4. The summed E-state index contributed by atoms with van der Waals surface area (Å²) in [6.07, 6.45) is 1.08. The third-order valence-corrected chi connectivity index (χ3v) is 5.54. The normalized spacial score (nSPS) is 17.8. The number of nitrogens with two attached hydrogens (primary N) is 1. The number of ether oxygens (including phenoxy) is 1. The molecule has 0 spiro atoms. The van der Waals surface area contributed by atoms with Gasteiger partial charge in [-0.2, -0.15) is 0 Å². The molecule has 116 valence electrons. The number of rotatable bonds is 10. The molecule has 3 N–H and O–H groups in total. The summed E-state index contributed by atoms with van der Waals surface area (Å²) in [7, 11) is -2.40. The van der Waals surface area contributed by atoms with Crippen molar-refractivity contribution in [3.8, 4) is 0 Å². The highest BCUT2D eigenvalue weighted by atomic mass is 28.4. The van der Waals surface area contributed by atoms with Gasteiger partial charge in [0.25, 0.3) is 0 Å². The Morgan fingerprint density at radius 2 is 1.63 bits per heavy atom. The topological polar surface area (TPSA) is 86.5 Å². The predicted molar refractivity (Wildman–Crippen MR) is 75.9 cm³/mol.